The first-order valence-corrected chi connectivity index (χ1v) is 14.5. The molecule has 5 rings (SSSR count). The molecule has 3 heterocycles. The third kappa shape index (κ3) is 5.97. The molecule has 7 heteroatoms. The number of anilines is 1. The van der Waals surface area contributed by atoms with Crippen molar-refractivity contribution in [2.45, 2.75) is 59.3 Å². The Balaban J connectivity index is 1.50. The zero-order valence-corrected chi connectivity index (χ0v) is 23.5. The number of aromatic nitrogens is 4. The number of para-hydroxylation sites is 1. The van der Waals surface area contributed by atoms with Gasteiger partial charge in [0.2, 0.25) is 5.91 Å². The summed E-state index contributed by atoms with van der Waals surface area (Å²) >= 11 is 0. The van der Waals surface area contributed by atoms with Gasteiger partial charge in [0.1, 0.15) is 11.6 Å². The Morgan fingerprint density at radius 2 is 1.67 bits per heavy atom. The fourth-order valence-electron chi connectivity index (χ4n) is 5.60. The van der Waals surface area contributed by atoms with E-state index in [-0.39, 0.29) is 5.92 Å². The Morgan fingerprint density at radius 3 is 2.38 bits per heavy atom. The molecule has 1 fully saturated rings. The molecule has 1 saturated heterocycles. The molecule has 1 aliphatic heterocycles. The van der Waals surface area contributed by atoms with Crippen LogP contribution in [0.5, 0.6) is 0 Å². The maximum absolute atomic E-state index is 13.4. The van der Waals surface area contributed by atoms with Gasteiger partial charge in [-0.3, -0.25) is 4.79 Å². The molecular formula is C32H40N6O. The smallest absolute Gasteiger partial charge is 0.225 e. The van der Waals surface area contributed by atoms with Gasteiger partial charge in [0.25, 0.3) is 0 Å². The number of amides is 1. The summed E-state index contributed by atoms with van der Waals surface area (Å²) in [5.41, 5.74) is 3.90. The molecule has 0 aliphatic carbocycles. The predicted octanol–water partition coefficient (Wildman–Crippen LogP) is 5.97. The van der Waals surface area contributed by atoms with Crippen LogP contribution in [0.2, 0.25) is 0 Å². The molecule has 1 aliphatic rings. The van der Waals surface area contributed by atoms with E-state index in [1.165, 1.54) is 5.56 Å². The van der Waals surface area contributed by atoms with Crippen LogP contribution in [-0.2, 0) is 11.2 Å². The second kappa shape index (κ2) is 12.4. The number of carbonyl (C=O) groups is 1. The summed E-state index contributed by atoms with van der Waals surface area (Å²) in [6.07, 6.45) is 5.70. The Labute approximate surface area is 231 Å². The molecule has 1 amide bonds. The Morgan fingerprint density at radius 1 is 0.923 bits per heavy atom. The summed E-state index contributed by atoms with van der Waals surface area (Å²) in [5.74, 6) is 2.16. The van der Waals surface area contributed by atoms with E-state index < -0.39 is 0 Å². The number of rotatable bonds is 9. The SMILES string of the molecule is CCCCC(CC)C(=O)N1CCCN(c2nc(Cc3ccccc3)nc3c2c(C)nn3-c2ccccc2)CC1. The molecule has 0 N–H and O–H groups in total. The number of hydrogen-bond acceptors (Lipinski definition) is 5. The van der Waals surface area contributed by atoms with Gasteiger partial charge < -0.3 is 9.80 Å². The highest BCUT2D eigenvalue weighted by atomic mass is 16.2. The van der Waals surface area contributed by atoms with E-state index in [1.807, 2.05) is 35.9 Å². The highest BCUT2D eigenvalue weighted by Crippen LogP contribution is 2.30. The van der Waals surface area contributed by atoms with Crippen molar-refractivity contribution in [2.24, 2.45) is 5.92 Å². The molecule has 7 nitrogen and oxygen atoms in total. The van der Waals surface area contributed by atoms with Crippen LogP contribution in [-0.4, -0.2) is 56.7 Å². The minimum Gasteiger partial charge on any atom is -0.354 e. The van der Waals surface area contributed by atoms with E-state index in [0.29, 0.717) is 18.9 Å². The minimum absolute atomic E-state index is 0.131. The average molecular weight is 525 g/mol. The van der Waals surface area contributed by atoms with Crippen LogP contribution in [0.15, 0.2) is 60.7 Å². The first-order chi connectivity index (χ1) is 19.1. The first-order valence-electron chi connectivity index (χ1n) is 14.5. The highest BCUT2D eigenvalue weighted by molar-refractivity contribution is 5.91. The molecule has 0 spiro atoms. The topological polar surface area (TPSA) is 67.2 Å². The largest absolute Gasteiger partial charge is 0.354 e. The number of fused-ring (bicyclic) bond motifs is 1. The lowest BCUT2D eigenvalue weighted by molar-refractivity contribution is -0.135. The van der Waals surface area contributed by atoms with Crippen LogP contribution >= 0.6 is 0 Å². The first kappa shape index (κ1) is 26.9. The van der Waals surface area contributed by atoms with Gasteiger partial charge in [0, 0.05) is 38.5 Å². The highest BCUT2D eigenvalue weighted by Gasteiger charge is 2.27. The van der Waals surface area contributed by atoms with E-state index >= 15 is 0 Å². The number of benzene rings is 2. The van der Waals surface area contributed by atoms with Crippen LogP contribution in [0.1, 0.15) is 63.0 Å². The maximum atomic E-state index is 13.4. The molecule has 1 unspecified atom stereocenters. The number of nitrogens with zero attached hydrogens (tertiary/aromatic N) is 6. The summed E-state index contributed by atoms with van der Waals surface area (Å²) in [6.45, 7) is 9.49. The molecule has 39 heavy (non-hydrogen) atoms. The van der Waals surface area contributed by atoms with E-state index in [0.717, 1.165) is 85.8 Å². The van der Waals surface area contributed by atoms with E-state index in [2.05, 4.69) is 60.0 Å². The van der Waals surface area contributed by atoms with Crippen molar-refractivity contribution < 1.29 is 4.79 Å². The van der Waals surface area contributed by atoms with Crippen molar-refractivity contribution in [2.75, 3.05) is 31.1 Å². The van der Waals surface area contributed by atoms with Crippen molar-refractivity contribution in [3.63, 3.8) is 0 Å². The third-order valence-corrected chi connectivity index (χ3v) is 7.79. The quantitative estimate of drug-likeness (QED) is 0.270. The zero-order chi connectivity index (χ0) is 27.2. The summed E-state index contributed by atoms with van der Waals surface area (Å²) in [7, 11) is 0. The van der Waals surface area contributed by atoms with Crippen LogP contribution in [0.4, 0.5) is 5.82 Å². The minimum atomic E-state index is 0.131. The van der Waals surface area contributed by atoms with Crippen molar-refractivity contribution >= 4 is 22.8 Å². The fraction of sp³-hybridized carbons (Fsp3) is 0.438. The van der Waals surface area contributed by atoms with Gasteiger partial charge in [0.15, 0.2) is 5.65 Å². The molecule has 0 saturated carbocycles. The lowest BCUT2D eigenvalue weighted by Gasteiger charge is -2.26. The van der Waals surface area contributed by atoms with Gasteiger partial charge in [0.05, 0.1) is 16.8 Å². The number of carbonyl (C=O) groups excluding carboxylic acids is 1. The zero-order valence-electron chi connectivity index (χ0n) is 23.5. The van der Waals surface area contributed by atoms with E-state index in [1.54, 1.807) is 0 Å². The van der Waals surface area contributed by atoms with Crippen LogP contribution in [0.3, 0.4) is 0 Å². The summed E-state index contributed by atoms with van der Waals surface area (Å²) < 4.78 is 1.94. The van der Waals surface area contributed by atoms with Crippen molar-refractivity contribution in [3.8, 4) is 5.69 Å². The monoisotopic (exact) mass is 524 g/mol. The molecular weight excluding hydrogens is 484 g/mol. The van der Waals surface area contributed by atoms with Crippen LogP contribution in [0, 0.1) is 12.8 Å². The summed E-state index contributed by atoms with van der Waals surface area (Å²) in [6, 6.07) is 20.5. The second-order valence-corrected chi connectivity index (χ2v) is 10.6. The molecule has 4 aromatic rings. The Bertz CT molecular complexity index is 1380. The number of aryl methyl sites for hydroxylation is 1. The van der Waals surface area contributed by atoms with Gasteiger partial charge in [-0.1, -0.05) is 75.2 Å². The van der Waals surface area contributed by atoms with Crippen molar-refractivity contribution in [1.82, 2.24) is 24.6 Å². The molecule has 0 bridgehead atoms. The molecule has 0 radical (unpaired) electrons. The van der Waals surface area contributed by atoms with Crippen molar-refractivity contribution in [3.05, 3.63) is 77.7 Å². The number of hydrogen-bond donors (Lipinski definition) is 0. The average Bonchev–Trinajstić information content (AvgIpc) is 3.13. The second-order valence-electron chi connectivity index (χ2n) is 10.6. The van der Waals surface area contributed by atoms with Gasteiger partial charge in [-0.05, 0) is 43.9 Å². The van der Waals surface area contributed by atoms with Crippen LogP contribution in [0.25, 0.3) is 16.7 Å². The van der Waals surface area contributed by atoms with E-state index in [9.17, 15) is 4.79 Å². The van der Waals surface area contributed by atoms with Gasteiger partial charge in [-0.15, -0.1) is 0 Å². The normalized spacial score (nSPS) is 14.9. The Kier molecular flexibility index (Phi) is 8.54. The van der Waals surface area contributed by atoms with E-state index in [4.69, 9.17) is 15.1 Å². The van der Waals surface area contributed by atoms with Crippen molar-refractivity contribution in [1.29, 1.82) is 0 Å². The molecule has 2 aromatic heterocycles. The number of unbranched alkanes of at least 4 members (excludes halogenated alkanes) is 1. The molecule has 2 aromatic carbocycles. The standard InChI is InChI=1S/C32H40N6O/c1-4-6-16-26(5-2)32(39)37-20-13-19-36(21-22-37)30-29-24(3)35-38(27-17-11-8-12-18-27)31(29)34-28(33-30)23-25-14-9-7-10-15-25/h7-12,14-15,17-18,26H,4-6,13,16,19-23H2,1-3H3. The van der Waals surface area contributed by atoms with Gasteiger partial charge in [-0.2, -0.15) is 5.10 Å². The molecule has 1 atom stereocenters. The third-order valence-electron chi connectivity index (χ3n) is 7.79. The van der Waals surface area contributed by atoms with Gasteiger partial charge in [-0.25, -0.2) is 14.6 Å². The lowest BCUT2D eigenvalue weighted by atomic mass is 9.97. The maximum Gasteiger partial charge on any atom is 0.225 e. The lowest BCUT2D eigenvalue weighted by Crippen LogP contribution is -2.39. The van der Waals surface area contributed by atoms with Gasteiger partial charge >= 0.3 is 0 Å². The Hall–Kier alpha value is -3.74. The fourth-order valence-corrected chi connectivity index (χ4v) is 5.60. The predicted molar refractivity (Wildman–Crippen MR) is 157 cm³/mol. The van der Waals surface area contributed by atoms with Crippen LogP contribution < -0.4 is 4.90 Å². The molecule has 204 valence electrons. The summed E-state index contributed by atoms with van der Waals surface area (Å²) in [4.78, 5) is 28.0. The summed E-state index contributed by atoms with van der Waals surface area (Å²) in [5, 5.41) is 5.91.